The molecule has 0 unspecified atom stereocenters. The average Bonchev–Trinajstić information content (AvgIpc) is 3.47. The van der Waals surface area contributed by atoms with Gasteiger partial charge in [-0.2, -0.15) is 0 Å². The van der Waals surface area contributed by atoms with Gasteiger partial charge in [-0.05, 0) is 55.5 Å². The van der Waals surface area contributed by atoms with E-state index in [4.69, 9.17) is 4.42 Å². The van der Waals surface area contributed by atoms with Gasteiger partial charge in [-0.15, -0.1) is 0 Å². The minimum absolute atomic E-state index is 0.0669. The monoisotopic (exact) mass is 473 g/mol. The van der Waals surface area contributed by atoms with E-state index in [-0.39, 0.29) is 23.8 Å². The second-order valence-electron chi connectivity index (χ2n) is 10.3. The quantitative estimate of drug-likeness (QED) is 0.474. The molecule has 1 aliphatic heterocycles. The first-order valence-electron chi connectivity index (χ1n) is 12.9. The molecule has 6 nitrogen and oxygen atoms in total. The first kappa shape index (κ1) is 23.5. The van der Waals surface area contributed by atoms with Crippen LogP contribution in [0.5, 0.6) is 0 Å². The van der Waals surface area contributed by atoms with Crippen molar-refractivity contribution >= 4 is 11.8 Å². The molecule has 2 aliphatic rings. The van der Waals surface area contributed by atoms with Crippen molar-refractivity contribution in [3.05, 3.63) is 72.1 Å². The molecule has 1 N–H and O–H groups in total. The van der Waals surface area contributed by atoms with Crippen molar-refractivity contribution < 1.29 is 14.0 Å². The Morgan fingerprint density at radius 1 is 1.03 bits per heavy atom. The van der Waals surface area contributed by atoms with E-state index in [0.29, 0.717) is 24.5 Å². The zero-order valence-electron chi connectivity index (χ0n) is 20.7. The van der Waals surface area contributed by atoms with Gasteiger partial charge in [0.1, 0.15) is 17.0 Å². The molecule has 184 valence electrons. The molecule has 0 saturated heterocycles. The summed E-state index contributed by atoms with van der Waals surface area (Å²) < 4.78 is 7.60. The maximum absolute atomic E-state index is 14.0. The number of amides is 2. The number of hydrogen-bond acceptors (Lipinski definition) is 3. The molecule has 1 fully saturated rings. The van der Waals surface area contributed by atoms with Gasteiger partial charge in [-0.1, -0.05) is 62.9 Å². The van der Waals surface area contributed by atoms with Crippen LogP contribution in [-0.2, 0) is 11.3 Å². The Morgan fingerprint density at radius 2 is 1.74 bits per heavy atom. The molecular formula is C29H35N3O3. The Kier molecular flexibility index (Phi) is 6.54. The second kappa shape index (κ2) is 9.76. The lowest BCUT2D eigenvalue weighted by Gasteiger charge is -2.45. The minimum atomic E-state index is -1.01. The van der Waals surface area contributed by atoms with E-state index in [2.05, 4.69) is 24.4 Å². The molecular weight excluding hydrogens is 438 g/mol. The van der Waals surface area contributed by atoms with E-state index < -0.39 is 5.54 Å². The lowest BCUT2D eigenvalue weighted by atomic mass is 9.91. The third-order valence-corrected chi connectivity index (χ3v) is 7.78. The molecule has 1 aliphatic carbocycles. The lowest BCUT2D eigenvalue weighted by Crippen LogP contribution is -2.65. The summed E-state index contributed by atoms with van der Waals surface area (Å²) in [6, 6.07) is 17.9. The van der Waals surface area contributed by atoms with Crippen molar-refractivity contribution in [1.29, 1.82) is 0 Å². The Balaban J connectivity index is 1.49. The molecule has 0 spiro atoms. The number of carbonyl (C=O) groups excluding carboxylic acids is 2. The van der Waals surface area contributed by atoms with Gasteiger partial charge in [0, 0.05) is 12.6 Å². The normalized spacial score (nSPS) is 21.9. The van der Waals surface area contributed by atoms with Gasteiger partial charge >= 0.3 is 0 Å². The predicted octanol–water partition coefficient (Wildman–Crippen LogP) is 5.61. The van der Waals surface area contributed by atoms with Crippen LogP contribution in [0.3, 0.4) is 0 Å². The highest BCUT2D eigenvalue weighted by Crippen LogP contribution is 2.35. The van der Waals surface area contributed by atoms with Gasteiger partial charge in [-0.3, -0.25) is 9.59 Å². The number of furan rings is 1. The molecule has 3 heterocycles. The first-order valence-corrected chi connectivity index (χ1v) is 12.9. The molecule has 6 heteroatoms. The summed E-state index contributed by atoms with van der Waals surface area (Å²) in [6.07, 6.45) is 8.36. The maximum atomic E-state index is 14.0. The molecule has 2 aromatic heterocycles. The summed E-state index contributed by atoms with van der Waals surface area (Å²) in [4.78, 5) is 29.7. The molecule has 5 rings (SSSR count). The fraction of sp³-hybridized carbons (Fsp3) is 0.448. The summed E-state index contributed by atoms with van der Waals surface area (Å²) in [5.74, 6) is 0.607. The zero-order valence-corrected chi connectivity index (χ0v) is 20.7. The van der Waals surface area contributed by atoms with Crippen molar-refractivity contribution in [2.45, 2.75) is 76.4 Å². The molecule has 2 atom stereocenters. The summed E-state index contributed by atoms with van der Waals surface area (Å²) in [5, 5.41) is 3.34. The van der Waals surface area contributed by atoms with E-state index in [1.165, 1.54) is 12.8 Å². The highest BCUT2D eigenvalue weighted by atomic mass is 16.3. The smallest absolute Gasteiger partial charge is 0.271 e. The third-order valence-electron chi connectivity index (χ3n) is 7.78. The van der Waals surface area contributed by atoms with Gasteiger partial charge in [-0.25, -0.2) is 0 Å². The van der Waals surface area contributed by atoms with Gasteiger partial charge < -0.3 is 19.2 Å². The van der Waals surface area contributed by atoms with Crippen LogP contribution in [0.1, 0.15) is 74.3 Å². The Labute approximate surface area is 207 Å². The Hall–Kier alpha value is -3.28. The molecule has 1 saturated carbocycles. The number of hydrogen-bond donors (Lipinski definition) is 1. The second-order valence-corrected chi connectivity index (χ2v) is 10.3. The van der Waals surface area contributed by atoms with E-state index in [1.54, 1.807) is 11.2 Å². The molecule has 0 radical (unpaired) electrons. The van der Waals surface area contributed by atoms with Crippen molar-refractivity contribution in [2.75, 3.05) is 6.54 Å². The molecule has 0 bridgehead atoms. The Morgan fingerprint density at radius 3 is 2.43 bits per heavy atom. The van der Waals surface area contributed by atoms with E-state index in [0.717, 1.165) is 36.9 Å². The van der Waals surface area contributed by atoms with Crippen LogP contribution in [0.25, 0.3) is 11.5 Å². The largest absolute Gasteiger partial charge is 0.463 e. The highest BCUT2D eigenvalue weighted by Gasteiger charge is 2.48. The number of nitrogens with zero attached hydrogens (tertiary/aromatic N) is 2. The van der Waals surface area contributed by atoms with Crippen LogP contribution in [0, 0.1) is 0 Å². The lowest BCUT2D eigenvalue weighted by molar-refractivity contribution is -0.133. The standard InChI is InChI=1S/C29H35N3O3/c1-21(22-11-6-5-7-12-22)19-32-27(33)25-17-16-24(26-15-10-18-35-26)31(25)20-29(32,2)28(34)30-23-13-8-3-4-9-14-23/h5-7,10-12,15-18,21,23H,3-4,8-9,13-14,19-20H2,1-2H3,(H,30,34)/t21-,29-/m0/s1. The minimum Gasteiger partial charge on any atom is -0.463 e. The highest BCUT2D eigenvalue weighted by molar-refractivity contribution is 6.00. The van der Waals surface area contributed by atoms with Crippen LogP contribution in [0.2, 0.25) is 0 Å². The summed E-state index contributed by atoms with van der Waals surface area (Å²) in [7, 11) is 0. The molecule has 3 aromatic rings. The third kappa shape index (κ3) is 4.54. The van der Waals surface area contributed by atoms with Crippen molar-refractivity contribution in [2.24, 2.45) is 0 Å². The van der Waals surface area contributed by atoms with Crippen molar-refractivity contribution in [3.63, 3.8) is 0 Å². The summed E-state index contributed by atoms with van der Waals surface area (Å²) >= 11 is 0. The van der Waals surface area contributed by atoms with Crippen LogP contribution in [-0.4, -0.2) is 39.4 Å². The number of nitrogens with one attached hydrogen (secondary N) is 1. The van der Waals surface area contributed by atoms with Crippen molar-refractivity contribution in [3.8, 4) is 11.5 Å². The van der Waals surface area contributed by atoms with E-state index in [9.17, 15) is 9.59 Å². The molecule has 1 aromatic carbocycles. The number of carbonyl (C=O) groups is 2. The molecule has 2 amide bonds. The summed E-state index contributed by atoms with van der Waals surface area (Å²) in [5.41, 5.74) is 1.56. The fourth-order valence-electron chi connectivity index (χ4n) is 5.62. The number of rotatable bonds is 6. The van der Waals surface area contributed by atoms with Gasteiger partial charge in [0.05, 0.1) is 18.5 Å². The SMILES string of the molecule is C[C@@H](CN1C(=O)c2ccc(-c3ccco3)n2C[C@@]1(C)C(=O)NC1CCCCCC1)c1ccccc1. The number of fused-ring (bicyclic) bond motifs is 1. The maximum Gasteiger partial charge on any atom is 0.271 e. The first-order chi connectivity index (χ1) is 17.0. The van der Waals surface area contributed by atoms with E-state index >= 15 is 0 Å². The molecule has 35 heavy (non-hydrogen) atoms. The zero-order chi connectivity index (χ0) is 24.4. The number of aromatic nitrogens is 1. The van der Waals surface area contributed by atoms with Crippen LogP contribution >= 0.6 is 0 Å². The topological polar surface area (TPSA) is 67.5 Å². The predicted molar refractivity (Wildman–Crippen MR) is 136 cm³/mol. The summed E-state index contributed by atoms with van der Waals surface area (Å²) in [6.45, 7) is 4.90. The van der Waals surface area contributed by atoms with Crippen LogP contribution in [0.4, 0.5) is 0 Å². The fourth-order valence-corrected chi connectivity index (χ4v) is 5.62. The van der Waals surface area contributed by atoms with Gasteiger partial charge in [0.15, 0.2) is 0 Å². The van der Waals surface area contributed by atoms with Crippen molar-refractivity contribution in [1.82, 2.24) is 14.8 Å². The van der Waals surface area contributed by atoms with Gasteiger partial charge in [0.25, 0.3) is 5.91 Å². The van der Waals surface area contributed by atoms with Gasteiger partial charge in [0.2, 0.25) is 5.91 Å². The average molecular weight is 474 g/mol. The van der Waals surface area contributed by atoms with Crippen LogP contribution < -0.4 is 5.32 Å². The Bertz CT molecular complexity index is 1160. The van der Waals surface area contributed by atoms with Crippen LogP contribution in [0.15, 0.2) is 65.3 Å². The number of benzene rings is 1. The van der Waals surface area contributed by atoms with E-state index in [1.807, 2.05) is 54.0 Å².